The van der Waals surface area contributed by atoms with Gasteiger partial charge in [-0.2, -0.15) is 0 Å². The highest BCUT2D eigenvalue weighted by Gasteiger charge is 2.36. The predicted octanol–water partition coefficient (Wildman–Crippen LogP) is 13.0. The first-order valence-corrected chi connectivity index (χ1v) is 43.0. The van der Waals surface area contributed by atoms with Gasteiger partial charge in [-0.3, -0.25) is 19.2 Å². The summed E-state index contributed by atoms with van der Waals surface area (Å²) in [6.07, 6.45) is 5.98. The Balaban J connectivity index is 0.000000178. The highest BCUT2D eigenvalue weighted by Crippen LogP contribution is 2.31. The normalized spacial score (nSPS) is 19.7. The minimum absolute atomic E-state index is 0.0499. The highest BCUT2D eigenvalue weighted by atomic mass is 79.9. The van der Waals surface area contributed by atoms with E-state index in [1.54, 1.807) is 0 Å². The summed E-state index contributed by atoms with van der Waals surface area (Å²) in [4.78, 5) is 46.6. The maximum Gasteiger partial charge on any atom is 0.255 e. The third-order valence-corrected chi connectivity index (χ3v) is 25.8. The van der Waals surface area contributed by atoms with Crippen LogP contribution in [0.2, 0.25) is 5.02 Å². The number of sulfonamides is 4. The molecule has 0 aliphatic heterocycles. The zero-order valence-electron chi connectivity index (χ0n) is 60.9. The topological polar surface area (TPSA) is 382 Å². The maximum atomic E-state index is 14.2. The molecule has 117 heavy (non-hydrogen) atoms. The molecule has 0 saturated heterocycles. The van der Waals surface area contributed by atoms with Gasteiger partial charge in [0, 0.05) is 87.4 Å². The van der Waals surface area contributed by atoms with E-state index in [4.69, 9.17) is 11.6 Å². The van der Waals surface area contributed by atoms with E-state index < -0.39 is 202 Å². The lowest BCUT2D eigenvalue weighted by Gasteiger charge is -2.28. The molecule has 8 unspecified atom stereocenters. The summed E-state index contributed by atoms with van der Waals surface area (Å²) in [7, 11) is -17.3. The quantitative estimate of drug-likeness (QED) is 0.0249. The van der Waals surface area contributed by atoms with E-state index in [0.717, 1.165) is 148 Å². The van der Waals surface area contributed by atoms with Crippen molar-refractivity contribution >= 4 is 114 Å². The number of carbonyl (C=O) groups excluding carboxylic acids is 4. The molecular formula is C76H75BrClF11N8O16S4. The van der Waals surface area contributed by atoms with Gasteiger partial charge in [-0.15, -0.1) is 0 Å². The molecule has 8 aromatic rings. The molecule has 0 bridgehead atoms. The second-order valence-electron chi connectivity index (χ2n) is 27.4. The first-order valence-electron chi connectivity index (χ1n) is 35.8. The van der Waals surface area contributed by atoms with E-state index in [9.17, 15) is 122 Å². The number of anilines is 4. The van der Waals surface area contributed by atoms with Crippen LogP contribution in [0.4, 0.5) is 71.0 Å². The minimum atomic E-state index is -4.41. The summed E-state index contributed by atoms with van der Waals surface area (Å²) in [5.41, 5.74) is -0.696. The minimum Gasteiger partial charge on any atom is -0.391 e. The van der Waals surface area contributed by atoms with Crippen molar-refractivity contribution < 1.29 is 122 Å². The number of hydrogen-bond donors (Lipinski definition) is 12. The van der Waals surface area contributed by atoms with Gasteiger partial charge in [0.1, 0.15) is 54.5 Å². The van der Waals surface area contributed by atoms with Crippen molar-refractivity contribution in [2.24, 2.45) is 0 Å². The van der Waals surface area contributed by atoms with Crippen molar-refractivity contribution in [3.63, 3.8) is 0 Å². The number of carbonyl (C=O) groups is 4. The molecule has 0 spiro atoms. The van der Waals surface area contributed by atoms with Gasteiger partial charge >= 0.3 is 0 Å². The predicted molar refractivity (Wildman–Crippen MR) is 410 cm³/mol. The lowest BCUT2D eigenvalue weighted by molar-refractivity contribution is 0.101. The molecule has 4 aliphatic rings. The molecule has 8 aromatic carbocycles. The lowest BCUT2D eigenvalue weighted by Crippen LogP contribution is -2.45. The largest absolute Gasteiger partial charge is 0.391 e. The van der Waals surface area contributed by atoms with Gasteiger partial charge in [0.2, 0.25) is 40.1 Å². The Morgan fingerprint density at radius 1 is 0.299 bits per heavy atom. The summed E-state index contributed by atoms with van der Waals surface area (Å²) < 4.78 is 260. The van der Waals surface area contributed by atoms with Crippen molar-refractivity contribution in [2.45, 2.75) is 171 Å². The van der Waals surface area contributed by atoms with Crippen LogP contribution in [0.15, 0.2) is 164 Å². The molecule has 4 aliphatic carbocycles. The van der Waals surface area contributed by atoms with Crippen molar-refractivity contribution in [3.8, 4) is 0 Å². The van der Waals surface area contributed by atoms with Gasteiger partial charge in [0.25, 0.3) is 23.6 Å². The van der Waals surface area contributed by atoms with Gasteiger partial charge in [-0.1, -0.05) is 63.0 Å². The summed E-state index contributed by atoms with van der Waals surface area (Å²) in [5, 5.41) is 49.0. The highest BCUT2D eigenvalue weighted by molar-refractivity contribution is 9.10. The van der Waals surface area contributed by atoms with Crippen LogP contribution in [-0.2, 0) is 40.1 Å². The van der Waals surface area contributed by atoms with E-state index in [1.807, 2.05) is 0 Å². The van der Waals surface area contributed by atoms with Crippen LogP contribution in [0.25, 0.3) is 0 Å². The van der Waals surface area contributed by atoms with Crippen molar-refractivity contribution in [1.82, 2.24) is 18.9 Å². The van der Waals surface area contributed by atoms with Crippen molar-refractivity contribution in [3.05, 3.63) is 235 Å². The number of hydrogen-bond acceptors (Lipinski definition) is 16. The second kappa shape index (κ2) is 40.3. The summed E-state index contributed by atoms with van der Waals surface area (Å²) in [6.45, 7) is 0. The SMILES string of the molecule is O=C(Nc1cc(F)c(F)c(F)c1)c1ccc(F)c(S(=O)(=O)NC2CCCCC2O)c1.O=C(Nc1ccc(F)c(Br)c1)c1ccc(F)c(S(=O)(=O)NC2CCCCC2O)c1.O=C(Nc1ccc(F)c(Cl)c1)c1ccc(F)c(S(=O)(=O)NC2CCCCC2O)c1.O=C(Nc1ccc(F)c(F)c1)c1ccc(F)c(S(=O)(=O)NC2CCCCC2O)c1. The van der Waals surface area contributed by atoms with Gasteiger partial charge in [-0.05, 0) is 189 Å². The van der Waals surface area contributed by atoms with Crippen LogP contribution in [0.3, 0.4) is 0 Å². The molecular weight excluding hydrogens is 1730 g/mol. The van der Waals surface area contributed by atoms with Crippen molar-refractivity contribution in [1.29, 1.82) is 0 Å². The molecule has 24 nitrogen and oxygen atoms in total. The van der Waals surface area contributed by atoms with E-state index >= 15 is 0 Å². The van der Waals surface area contributed by atoms with E-state index in [0.29, 0.717) is 69.9 Å². The van der Waals surface area contributed by atoms with Crippen LogP contribution < -0.4 is 40.2 Å². The Kier molecular flexibility index (Phi) is 31.7. The standard InChI is InChI=1S/C19H19BrF2N2O4S.C19H19ClF2N2O4S.C19H18F4N2O4S.C19H19F3N2O4S/c2*20-13-10-12(6-8-14(13)21)23-19(26)11-5-7-15(22)18(9-11)29(27,28)24-16-3-1-2-4-17(16)25;20-12-6-5-10(19(27)24-11-8-13(21)18(23)14(22)9-11)7-17(12)30(28,29)25-15-3-1-2-4-16(15)26;20-13-8-6-12(10-15(13)22)23-19(26)11-5-7-14(21)18(9-11)29(27,28)24-16-3-1-2-4-17(16)25/h2*5-10,16-17,24-25H,1-4H2,(H,23,26);5-9,15-16,25-26H,1-4H2,(H,24,27);5-10,16-17,24-25H,1-4H2,(H,23,26). The zero-order chi connectivity index (χ0) is 85.6. The number of nitrogens with one attached hydrogen (secondary N) is 8. The number of halogens is 13. The maximum absolute atomic E-state index is 14.2. The van der Waals surface area contributed by atoms with Crippen LogP contribution in [0.1, 0.15) is 144 Å². The Hall–Kier alpha value is -8.88. The zero-order valence-corrected chi connectivity index (χ0v) is 66.6. The molecule has 630 valence electrons. The average Bonchev–Trinajstić information content (AvgIpc) is 0.807. The lowest BCUT2D eigenvalue weighted by atomic mass is 9.93. The molecule has 4 saturated carbocycles. The Labute approximate surface area is 677 Å². The Morgan fingerprint density at radius 3 is 0.829 bits per heavy atom. The third kappa shape index (κ3) is 24.9. The summed E-state index contributed by atoms with van der Waals surface area (Å²) in [5.74, 6) is -15.6. The molecule has 0 heterocycles. The number of aliphatic hydroxyl groups is 4. The molecule has 0 aromatic heterocycles. The number of amides is 4. The number of aliphatic hydroxyl groups excluding tert-OH is 4. The fraction of sp³-hybridized carbons (Fsp3) is 0.316. The van der Waals surface area contributed by atoms with Gasteiger partial charge in [0.05, 0.1) is 33.9 Å². The van der Waals surface area contributed by atoms with E-state index in [2.05, 4.69) is 56.1 Å². The number of benzene rings is 8. The summed E-state index contributed by atoms with van der Waals surface area (Å²) >= 11 is 8.68. The first-order chi connectivity index (χ1) is 55.1. The third-order valence-electron chi connectivity index (χ3n) is 18.8. The molecule has 8 atom stereocenters. The molecule has 41 heteroatoms. The Bertz CT molecular complexity index is 5100. The Morgan fingerprint density at radius 2 is 0.547 bits per heavy atom. The van der Waals surface area contributed by atoms with E-state index in [1.165, 1.54) is 24.3 Å². The molecule has 4 fully saturated rings. The second-order valence-corrected chi connectivity index (χ2v) is 35.3. The number of rotatable bonds is 20. The van der Waals surface area contributed by atoms with E-state index in [-0.39, 0.29) is 48.8 Å². The van der Waals surface area contributed by atoms with Crippen LogP contribution in [-0.4, -0.2) is 126 Å². The summed E-state index contributed by atoms with van der Waals surface area (Å²) in [6, 6.07) is 19.4. The molecule has 4 amide bonds. The molecule has 12 rings (SSSR count). The van der Waals surface area contributed by atoms with Gasteiger partial charge in [-0.25, -0.2) is 101 Å². The van der Waals surface area contributed by atoms with Crippen molar-refractivity contribution in [2.75, 3.05) is 21.3 Å². The molecule has 12 N–H and O–H groups in total. The van der Waals surface area contributed by atoms with Gasteiger partial charge in [0.15, 0.2) is 29.1 Å². The van der Waals surface area contributed by atoms with Crippen LogP contribution >= 0.6 is 27.5 Å². The fourth-order valence-corrected chi connectivity index (χ4v) is 18.8. The average molecular weight is 1810 g/mol. The monoisotopic (exact) mass is 1810 g/mol. The van der Waals surface area contributed by atoms with Crippen LogP contribution in [0.5, 0.6) is 0 Å². The van der Waals surface area contributed by atoms with Crippen LogP contribution in [0, 0.1) is 64.0 Å². The molecule has 0 radical (unpaired) electrons. The first kappa shape index (κ1) is 92.0. The van der Waals surface area contributed by atoms with Gasteiger partial charge < -0.3 is 41.7 Å². The fourth-order valence-electron chi connectivity index (χ4n) is 12.6. The smallest absolute Gasteiger partial charge is 0.255 e.